The minimum Gasteiger partial charge on any atom is -0.334 e. The second kappa shape index (κ2) is 3.22. The van der Waals surface area contributed by atoms with Gasteiger partial charge in [-0.25, -0.2) is 4.79 Å². The number of carbonyl (C=O) groups excluding carboxylic acids is 2. The highest BCUT2D eigenvalue weighted by molar-refractivity contribution is 5.99. The van der Waals surface area contributed by atoms with Gasteiger partial charge in [0.15, 0.2) is 0 Å². The van der Waals surface area contributed by atoms with Crippen LogP contribution < -0.4 is 5.32 Å². The third-order valence-electron chi connectivity index (χ3n) is 3.24. The van der Waals surface area contributed by atoms with Gasteiger partial charge in [0, 0.05) is 11.6 Å². The minimum atomic E-state index is -0.422. The van der Waals surface area contributed by atoms with E-state index in [4.69, 9.17) is 0 Å². The first-order valence-electron chi connectivity index (χ1n) is 5.56. The van der Waals surface area contributed by atoms with Gasteiger partial charge in [-0.05, 0) is 33.6 Å². The molecule has 1 aliphatic heterocycles. The summed E-state index contributed by atoms with van der Waals surface area (Å²) in [6.07, 6.45) is 2.90. The van der Waals surface area contributed by atoms with Crippen LogP contribution in [0.1, 0.15) is 40.0 Å². The zero-order valence-corrected chi connectivity index (χ0v) is 9.54. The molecule has 2 unspecified atom stereocenters. The Labute approximate surface area is 90.0 Å². The number of nitrogens with one attached hydrogen (secondary N) is 1. The Bertz CT molecular complexity index is 306. The number of imide groups is 1. The summed E-state index contributed by atoms with van der Waals surface area (Å²) in [6, 6.07) is -0.140. The van der Waals surface area contributed by atoms with Gasteiger partial charge in [-0.15, -0.1) is 0 Å². The summed E-state index contributed by atoms with van der Waals surface area (Å²) in [5.74, 6) is 0.0238. The molecule has 1 N–H and O–H groups in total. The number of amides is 3. The third-order valence-corrected chi connectivity index (χ3v) is 3.24. The molecule has 2 aliphatic rings. The van der Waals surface area contributed by atoms with Crippen LogP contribution in [-0.2, 0) is 4.79 Å². The monoisotopic (exact) mass is 210 g/mol. The normalized spacial score (nSPS) is 31.5. The average molecular weight is 210 g/mol. The fourth-order valence-corrected chi connectivity index (χ4v) is 2.55. The van der Waals surface area contributed by atoms with Crippen LogP contribution in [0.15, 0.2) is 0 Å². The van der Waals surface area contributed by atoms with Gasteiger partial charge in [0.2, 0.25) is 5.91 Å². The van der Waals surface area contributed by atoms with Crippen molar-refractivity contribution >= 4 is 11.9 Å². The van der Waals surface area contributed by atoms with E-state index in [1.165, 1.54) is 4.90 Å². The predicted molar refractivity (Wildman–Crippen MR) is 56.3 cm³/mol. The van der Waals surface area contributed by atoms with E-state index in [1.807, 2.05) is 20.8 Å². The Morgan fingerprint density at radius 1 is 1.27 bits per heavy atom. The van der Waals surface area contributed by atoms with Crippen molar-refractivity contribution in [1.82, 2.24) is 10.2 Å². The lowest BCUT2D eigenvalue weighted by Crippen LogP contribution is -2.63. The molecule has 1 saturated carbocycles. The van der Waals surface area contributed by atoms with Crippen molar-refractivity contribution in [2.45, 2.75) is 51.6 Å². The molecule has 0 bridgehead atoms. The molecule has 15 heavy (non-hydrogen) atoms. The molecule has 1 aliphatic carbocycles. The maximum Gasteiger partial charge on any atom is 0.324 e. The predicted octanol–water partition coefficient (Wildman–Crippen LogP) is 1.51. The molecule has 4 nitrogen and oxygen atoms in total. The summed E-state index contributed by atoms with van der Waals surface area (Å²) in [5.41, 5.74) is -0.422. The summed E-state index contributed by atoms with van der Waals surface area (Å²) in [4.78, 5) is 25.3. The van der Waals surface area contributed by atoms with Crippen LogP contribution >= 0.6 is 0 Å². The van der Waals surface area contributed by atoms with E-state index < -0.39 is 5.54 Å². The zero-order valence-electron chi connectivity index (χ0n) is 9.54. The summed E-state index contributed by atoms with van der Waals surface area (Å²) in [7, 11) is 0. The van der Waals surface area contributed by atoms with Gasteiger partial charge in [-0.2, -0.15) is 0 Å². The molecule has 2 rings (SSSR count). The van der Waals surface area contributed by atoms with Crippen LogP contribution in [0.25, 0.3) is 0 Å². The van der Waals surface area contributed by atoms with Crippen LogP contribution in [0.3, 0.4) is 0 Å². The fraction of sp³-hybridized carbons (Fsp3) is 0.818. The van der Waals surface area contributed by atoms with Crippen molar-refractivity contribution in [3.63, 3.8) is 0 Å². The third kappa shape index (κ3) is 1.62. The average Bonchev–Trinajstić information content (AvgIpc) is 2.48. The summed E-state index contributed by atoms with van der Waals surface area (Å²) < 4.78 is 0. The number of rotatable bonds is 0. The maximum atomic E-state index is 12.1. The van der Waals surface area contributed by atoms with Gasteiger partial charge in [0.25, 0.3) is 0 Å². The first kappa shape index (κ1) is 10.5. The molecule has 84 valence electrons. The molecule has 1 saturated heterocycles. The summed E-state index contributed by atoms with van der Waals surface area (Å²) in [5, 5.41) is 2.93. The van der Waals surface area contributed by atoms with Crippen molar-refractivity contribution in [3.05, 3.63) is 0 Å². The standard InChI is InChI=1S/C11H18N2O2/c1-11(2,3)13-9(14)7-5-4-6-8(7)12-10(13)15/h7-8H,4-6H2,1-3H3,(H,12,15). The lowest BCUT2D eigenvalue weighted by molar-refractivity contribution is -0.138. The number of hydrogen-bond acceptors (Lipinski definition) is 2. The van der Waals surface area contributed by atoms with Crippen molar-refractivity contribution < 1.29 is 9.59 Å². The number of fused-ring (bicyclic) bond motifs is 1. The van der Waals surface area contributed by atoms with E-state index in [0.29, 0.717) is 0 Å². The highest BCUT2D eigenvalue weighted by Gasteiger charge is 2.46. The van der Waals surface area contributed by atoms with Gasteiger partial charge in [-0.1, -0.05) is 6.42 Å². The van der Waals surface area contributed by atoms with Gasteiger partial charge in [0.1, 0.15) is 0 Å². The second-order valence-corrected chi connectivity index (χ2v) is 5.44. The molecule has 0 aromatic carbocycles. The molecule has 2 fully saturated rings. The molecule has 3 amide bonds. The van der Waals surface area contributed by atoms with Crippen molar-refractivity contribution in [2.24, 2.45) is 5.92 Å². The molecule has 2 atom stereocenters. The topological polar surface area (TPSA) is 49.4 Å². The highest BCUT2D eigenvalue weighted by atomic mass is 16.2. The van der Waals surface area contributed by atoms with E-state index in [1.54, 1.807) is 0 Å². The van der Waals surface area contributed by atoms with Gasteiger partial charge in [0.05, 0.1) is 5.92 Å². The lowest BCUT2D eigenvalue weighted by atomic mass is 9.95. The first-order chi connectivity index (χ1) is 6.91. The molecule has 0 aromatic heterocycles. The van der Waals surface area contributed by atoms with Gasteiger partial charge in [-0.3, -0.25) is 9.69 Å². The molecule has 0 radical (unpaired) electrons. The summed E-state index contributed by atoms with van der Waals surface area (Å²) in [6.45, 7) is 5.67. The molecular weight excluding hydrogens is 192 g/mol. The number of urea groups is 1. The van der Waals surface area contributed by atoms with Crippen molar-refractivity contribution in [1.29, 1.82) is 0 Å². The van der Waals surface area contributed by atoms with Gasteiger partial charge < -0.3 is 5.32 Å². The van der Waals surface area contributed by atoms with Crippen LogP contribution in [0.2, 0.25) is 0 Å². The molecular formula is C11H18N2O2. The summed E-state index contributed by atoms with van der Waals surface area (Å²) >= 11 is 0. The van der Waals surface area contributed by atoms with Crippen LogP contribution in [0.4, 0.5) is 4.79 Å². The second-order valence-electron chi connectivity index (χ2n) is 5.44. The number of carbonyl (C=O) groups is 2. The zero-order chi connectivity index (χ0) is 11.2. The Morgan fingerprint density at radius 3 is 2.53 bits per heavy atom. The Balaban J connectivity index is 2.26. The van der Waals surface area contributed by atoms with E-state index in [9.17, 15) is 9.59 Å². The van der Waals surface area contributed by atoms with E-state index in [2.05, 4.69) is 5.32 Å². The van der Waals surface area contributed by atoms with E-state index in [-0.39, 0.29) is 23.9 Å². The maximum absolute atomic E-state index is 12.1. The molecule has 0 aromatic rings. The van der Waals surface area contributed by atoms with Gasteiger partial charge >= 0.3 is 6.03 Å². The quantitative estimate of drug-likeness (QED) is 0.658. The Kier molecular flexibility index (Phi) is 2.24. The van der Waals surface area contributed by atoms with Crippen molar-refractivity contribution in [2.75, 3.05) is 0 Å². The van der Waals surface area contributed by atoms with E-state index in [0.717, 1.165) is 19.3 Å². The van der Waals surface area contributed by atoms with Crippen molar-refractivity contribution in [3.8, 4) is 0 Å². The SMILES string of the molecule is CC(C)(C)N1C(=O)NC2CCCC2C1=O. The molecule has 1 heterocycles. The number of nitrogens with zero attached hydrogens (tertiary/aromatic N) is 1. The fourth-order valence-electron chi connectivity index (χ4n) is 2.55. The van der Waals surface area contributed by atoms with Crippen LogP contribution in [0.5, 0.6) is 0 Å². The largest absolute Gasteiger partial charge is 0.334 e. The van der Waals surface area contributed by atoms with Crippen LogP contribution in [0, 0.1) is 5.92 Å². The highest BCUT2D eigenvalue weighted by Crippen LogP contribution is 2.33. The minimum absolute atomic E-state index is 0.00810. The first-order valence-corrected chi connectivity index (χ1v) is 5.56. The Morgan fingerprint density at radius 2 is 1.93 bits per heavy atom. The van der Waals surface area contributed by atoms with E-state index >= 15 is 0 Å². The molecule has 4 heteroatoms. The lowest BCUT2D eigenvalue weighted by Gasteiger charge is -2.41. The van der Waals surface area contributed by atoms with Crippen LogP contribution in [-0.4, -0.2) is 28.4 Å². The Hall–Kier alpha value is -1.06. The smallest absolute Gasteiger partial charge is 0.324 e. The number of hydrogen-bond donors (Lipinski definition) is 1. The molecule has 0 spiro atoms.